The summed E-state index contributed by atoms with van der Waals surface area (Å²) in [7, 11) is -2.01. The molecule has 1 amide bonds. The molecule has 1 N–H and O–H groups in total. The largest absolute Gasteiger partial charge is 0.375 e. The molecule has 2 aromatic rings. The molecule has 6 nitrogen and oxygen atoms in total. The Morgan fingerprint density at radius 2 is 1.96 bits per heavy atom. The Balaban J connectivity index is 1.74. The third kappa shape index (κ3) is 4.18. The van der Waals surface area contributed by atoms with Crippen molar-refractivity contribution in [3.05, 3.63) is 59.7 Å². The molecule has 0 saturated heterocycles. The first-order valence-electron chi connectivity index (χ1n) is 7.95. The van der Waals surface area contributed by atoms with Gasteiger partial charge >= 0.3 is 0 Å². The van der Waals surface area contributed by atoms with Crippen LogP contribution >= 0.6 is 0 Å². The number of nitrogens with one attached hydrogen (secondary N) is 1. The average molecular weight is 360 g/mol. The zero-order valence-electron chi connectivity index (χ0n) is 13.9. The van der Waals surface area contributed by atoms with Crippen LogP contribution < -0.4 is 9.62 Å². The summed E-state index contributed by atoms with van der Waals surface area (Å²) in [4.78, 5) is 13.7. The highest BCUT2D eigenvalue weighted by Gasteiger charge is 2.25. The number of nitrogens with zero attached hydrogens (tertiary/aromatic N) is 1. The van der Waals surface area contributed by atoms with Gasteiger partial charge in [-0.15, -0.1) is 0 Å². The Morgan fingerprint density at radius 3 is 2.68 bits per heavy atom. The van der Waals surface area contributed by atoms with E-state index in [0.717, 1.165) is 16.8 Å². The van der Waals surface area contributed by atoms with Crippen molar-refractivity contribution in [1.29, 1.82) is 0 Å². The molecule has 1 aliphatic heterocycles. The van der Waals surface area contributed by atoms with Crippen LogP contribution in [0.4, 0.5) is 11.4 Å². The van der Waals surface area contributed by atoms with Crippen LogP contribution in [-0.2, 0) is 31.7 Å². The molecule has 0 radical (unpaired) electrons. The van der Waals surface area contributed by atoms with E-state index in [1.54, 1.807) is 35.2 Å². The van der Waals surface area contributed by atoms with Gasteiger partial charge in [-0.3, -0.25) is 9.52 Å². The predicted octanol–water partition coefficient (Wildman–Crippen LogP) is 2.16. The van der Waals surface area contributed by atoms with Crippen LogP contribution in [0.3, 0.4) is 0 Å². The minimum absolute atomic E-state index is 0.0326. The summed E-state index contributed by atoms with van der Waals surface area (Å²) >= 11 is 0. The molecule has 0 aromatic heterocycles. The van der Waals surface area contributed by atoms with Gasteiger partial charge < -0.3 is 9.64 Å². The van der Waals surface area contributed by atoms with Crippen molar-refractivity contribution in [3.8, 4) is 0 Å². The number of ether oxygens (including phenoxy) is 1. The molecule has 0 fully saturated rings. The number of hydrogen-bond donors (Lipinski definition) is 1. The fourth-order valence-corrected chi connectivity index (χ4v) is 4.12. The Morgan fingerprint density at radius 1 is 1.20 bits per heavy atom. The SMILES string of the molecule is COCC(=O)N1CCc2cc(NS(=O)(=O)Cc3ccccc3)ccc21. The molecular formula is C18H20N2O4S. The summed E-state index contributed by atoms with van der Waals surface area (Å²) in [6.07, 6.45) is 0.693. The van der Waals surface area contributed by atoms with Crippen molar-refractivity contribution in [1.82, 2.24) is 0 Å². The second-order valence-electron chi connectivity index (χ2n) is 5.92. The summed E-state index contributed by atoms with van der Waals surface area (Å²) in [5, 5.41) is 0. The molecule has 2 aromatic carbocycles. The number of methoxy groups -OCH3 is 1. The maximum atomic E-state index is 12.3. The molecule has 132 valence electrons. The van der Waals surface area contributed by atoms with E-state index in [9.17, 15) is 13.2 Å². The van der Waals surface area contributed by atoms with Gasteiger partial charge in [-0.05, 0) is 35.7 Å². The molecule has 25 heavy (non-hydrogen) atoms. The summed E-state index contributed by atoms with van der Waals surface area (Å²) in [5.74, 6) is -0.178. The van der Waals surface area contributed by atoms with Crippen molar-refractivity contribution < 1.29 is 17.9 Å². The second-order valence-corrected chi connectivity index (χ2v) is 7.64. The lowest BCUT2D eigenvalue weighted by Crippen LogP contribution is -2.31. The molecule has 3 rings (SSSR count). The van der Waals surface area contributed by atoms with E-state index in [-0.39, 0.29) is 18.3 Å². The number of rotatable bonds is 6. The summed E-state index contributed by atoms with van der Waals surface area (Å²) < 4.78 is 32.2. The molecule has 1 heterocycles. The van der Waals surface area contributed by atoms with Gasteiger partial charge in [0.15, 0.2) is 0 Å². The van der Waals surface area contributed by atoms with Crippen molar-refractivity contribution in [2.75, 3.05) is 29.9 Å². The van der Waals surface area contributed by atoms with Crippen LogP contribution in [0, 0.1) is 0 Å². The Bertz CT molecular complexity index is 866. The van der Waals surface area contributed by atoms with Gasteiger partial charge in [0.25, 0.3) is 5.91 Å². The minimum Gasteiger partial charge on any atom is -0.375 e. The number of amides is 1. The first kappa shape index (κ1) is 17.4. The highest BCUT2D eigenvalue weighted by Crippen LogP contribution is 2.31. The van der Waals surface area contributed by atoms with Gasteiger partial charge in [0, 0.05) is 25.0 Å². The predicted molar refractivity (Wildman–Crippen MR) is 97.1 cm³/mol. The van der Waals surface area contributed by atoms with E-state index >= 15 is 0 Å². The Kier molecular flexibility index (Phi) is 5.06. The van der Waals surface area contributed by atoms with Crippen LogP contribution in [0.25, 0.3) is 0 Å². The quantitative estimate of drug-likeness (QED) is 0.857. The molecule has 0 saturated carbocycles. The Hall–Kier alpha value is -2.38. The summed E-state index contributed by atoms with van der Waals surface area (Å²) in [5.41, 5.74) is 3.00. The molecular weight excluding hydrogens is 340 g/mol. The molecule has 0 spiro atoms. The van der Waals surface area contributed by atoms with E-state index in [1.165, 1.54) is 7.11 Å². The molecule has 0 atom stereocenters. The number of hydrogen-bond acceptors (Lipinski definition) is 4. The van der Waals surface area contributed by atoms with Crippen LogP contribution in [0.15, 0.2) is 48.5 Å². The van der Waals surface area contributed by atoms with Crippen LogP contribution in [-0.4, -0.2) is 34.6 Å². The van der Waals surface area contributed by atoms with Gasteiger partial charge in [0.05, 0.1) is 5.75 Å². The van der Waals surface area contributed by atoms with E-state index < -0.39 is 10.0 Å². The minimum atomic E-state index is -3.49. The van der Waals surface area contributed by atoms with Crippen molar-refractivity contribution in [2.45, 2.75) is 12.2 Å². The average Bonchev–Trinajstić information content (AvgIpc) is 2.98. The summed E-state index contributed by atoms with van der Waals surface area (Å²) in [6, 6.07) is 14.3. The number of anilines is 2. The van der Waals surface area contributed by atoms with E-state index in [4.69, 9.17) is 4.74 Å². The van der Waals surface area contributed by atoms with Crippen molar-refractivity contribution in [3.63, 3.8) is 0 Å². The zero-order valence-corrected chi connectivity index (χ0v) is 14.8. The van der Waals surface area contributed by atoms with Gasteiger partial charge in [-0.2, -0.15) is 0 Å². The molecule has 7 heteroatoms. The highest BCUT2D eigenvalue weighted by atomic mass is 32.2. The number of fused-ring (bicyclic) bond motifs is 1. The fourth-order valence-electron chi connectivity index (χ4n) is 2.93. The third-order valence-corrected chi connectivity index (χ3v) is 5.28. The van der Waals surface area contributed by atoms with Crippen LogP contribution in [0.2, 0.25) is 0 Å². The van der Waals surface area contributed by atoms with Crippen molar-refractivity contribution >= 4 is 27.3 Å². The van der Waals surface area contributed by atoms with E-state index in [0.29, 0.717) is 18.7 Å². The van der Waals surface area contributed by atoms with Gasteiger partial charge in [0.2, 0.25) is 10.0 Å². The van der Waals surface area contributed by atoms with Gasteiger partial charge in [0.1, 0.15) is 6.61 Å². The number of carbonyl (C=O) groups is 1. The van der Waals surface area contributed by atoms with Gasteiger partial charge in [-0.1, -0.05) is 30.3 Å². The van der Waals surface area contributed by atoms with E-state index in [2.05, 4.69) is 4.72 Å². The summed E-state index contributed by atoms with van der Waals surface area (Å²) in [6.45, 7) is 0.614. The molecule has 0 unspecified atom stereocenters. The fraction of sp³-hybridized carbons (Fsp3) is 0.278. The smallest absolute Gasteiger partial charge is 0.252 e. The number of carbonyl (C=O) groups excluding carboxylic acids is 1. The lowest BCUT2D eigenvalue weighted by Gasteiger charge is -2.17. The molecule has 0 aliphatic carbocycles. The molecule has 0 bridgehead atoms. The van der Waals surface area contributed by atoms with E-state index in [1.807, 2.05) is 18.2 Å². The number of sulfonamides is 1. The first-order chi connectivity index (χ1) is 12.0. The van der Waals surface area contributed by atoms with Crippen LogP contribution in [0.1, 0.15) is 11.1 Å². The van der Waals surface area contributed by atoms with Gasteiger partial charge in [-0.25, -0.2) is 8.42 Å². The van der Waals surface area contributed by atoms with Crippen LogP contribution in [0.5, 0.6) is 0 Å². The first-order valence-corrected chi connectivity index (χ1v) is 9.60. The topological polar surface area (TPSA) is 75.7 Å². The Labute approximate surface area is 147 Å². The normalized spacial score (nSPS) is 13.6. The number of benzene rings is 2. The standard InChI is InChI=1S/C18H20N2O4S/c1-24-12-18(21)20-10-9-15-11-16(7-8-17(15)20)19-25(22,23)13-14-5-3-2-4-6-14/h2-8,11,19H,9-10,12-13H2,1H3. The third-order valence-electron chi connectivity index (χ3n) is 4.02. The van der Waals surface area contributed by atoms with Crippen molar-refractivity contribution in [2.24, 2.45) is 0 Å². The molecule has 1 aliphatic rings. The monoisotopic (exact) mass is 360 g/mol. The lowest BCUT2D eigenvalue weighted by atomic mass is 10.1. The zero-order chi connectivity index (χ0) is 17.9. The maximum Gasteiger partial charge on any atom is 0.252 e. The highest BCUT2D eigenvalue weighted by molar-refractivity contribution is 7.91. The lowest BCUT2D eigenvalue weighted by molar-refractivity contribution is -0.122. The second kappa shape index (κ2) is 7.25. The maximum absolute atomic E-state index is 12.3.